The van der Waals surface area contributed by atoms with Crippen LogP contribution in [-0.2, 0) is 194 Å². The van der Waals surface area contributed by atoms with Crippen LogP contribution in [0, 0.1) is 0 Å². The van der Waals surface area contributed by atoms with Crippen molar-refractivity contribution >= 4 is 125 Å². The van der Waals surface area contributed by atoms with E-state index in [-0.39, 0.29) is 0 Å². The van der Waals surface area contributed by atoms with Gasteiger partial charge in [-0.05, 0) is 0 Å². The minimum absolute atomic E-state index is 2.03. The first-order valence-corrected chi connectivity index (χ1v) is 34.8. The summed E-state index contributed by atoms with van der Waals surface area (Å²) in [5.74, 6) is 0. The first-order valence-electron chi connectivity index (χ1n) is 18.4. The van der Waals surface area contributed by atoms with E-state index in [4.69, 9.17) is 28.1 Å². The van der Waals surface area contributed by atoms with Crippen LogP contribution in [0.1, 0.15) is 0 Å². The number of ether oxygens (including phenoxy) is 4. The lowest BCUT2D eigenvalue weighted by molar-refractivity contribution is -0.320. The van der Waals surface area contributed by atoms with Gasteiger partial charge in [0.1, 0.15) is 61.0 Å². The maximum atomic E-state index is 12.2. The Morgan fingerprint density at radius 3 is 0.841 bits per heavy atom. The van der Waals surface area contributed by atoms with Crippen molar-refractivity contribution in [2.45, 2.75) is 85.8 Å². The molecule has 0 bridgehead atoms. The molecular weight excluding hydrogens is 1430 g/mol. The molecule has 2 fully saturated rings. The fourth-order valence-electron chi connectivity index (χ4n) is 6.08. The minimum atomic E-state index is -6.63. The predicted molar refractivity (Wildman–Crippen MR) is 228 cm³/mol. The molecule has 490 valence electrons. The van der Waals surface area contributed by atoms with Gasteiger partial charge in [-0.2, -0.15) is 101 Å². The van der Waals surface area contributed by atoms with Gasteiger partial charge in [-0.1, -0.05) is 0 Å². The van der Waals surface area contributed by atoms with Gasteiger partial charge in [0.25, 0.3) is 0 Å². The topological polar surface area (TPSA) is 800 Å². The fourth-order valence-corrected chi connectivity index (χ4v) is 11.7. The first-order chi connectivity index (χ1) is 36.1. The third-order valence-corrected chi connectivity index (χ3v) is 13.8. The van der Waals surface area contributed by atoms with Crippen LogP contribution >= 0.6 is 0 Å². The quantitative estimate of drug-likeness (QED) is 0.0262. The molecule has 64 heteroatoms. The van der Waals surface area contributed by atoms with Gasteiger partial charge < -0.3 is 18.9 Å². The highest BCUT2D eigenvalue weighted by Crippen LogP contribution is 2.36. The fraction of sp³-hybridized carbons (Fsp3) is 1.00. The van der Waals surface area contributed by atoms with Crippen LogP contribution in [0.3, 0.4) is 0 Å². The predicted octanol–water partition coefficient (Wildman–Crippen LogP) is -10.0. The van der Waals surface area contributed by atoms with Gasteiger partial charge >= 0.3 is 125 Å². The van der Waals surface area contributed by atoms with Crippen LogP contribution in [0.15, 0.2) is 0 Å². The lowest BCUT2D eigenvalue weighted by Crippen LogP contribution is -2.65. The Morgan fingerprint density at radius 2 is 0.549 bits per heavy atom. The Hall–Kier alpha value is -1.72. The molecular formula is C18H34O52S12. The van der Waals surface area contributed by atoms with E-state index in [0.29, 0.717) is 0 Å². The zero-order chi connectivity index (χ0) is 64.2. The van der Waals surface area contributed by atoms with E-state index in [1.807, 2.05) is 0 Å². The Bertz CT molecular complexity index is 3630. The largest absolute Gasteiger partial charge is 0.397 e. The molecule has 0 saturated carbocycles. The highest BCUT2D eigenvalue weighted by molar-refractivity contribution is 7.83. The summed E-state index contributed by atoms with van der Waals surface area (Å²) in [5.41, 5.74) is 0. The molecule has 0 aromatic carbocycles. The number of hydrogen-bond acceptors (Lipinski definition) is 40. The Morgan fingerprint density at radius 1 is 0.280 bits per heavy atom. The second kappa shape index (κ2) is 27.8. The zero-order valence-corrected chi connectivity index (χ0v) is 47.3. The number of rotatable bonds is 35. The van der Waals surface area contributed by atoms with E-state index in [1.165, 1.54) is 0 Å². The van der Waals surface area contributed by atoms with Crippen molar-refractivity contribution in [1.29, 1.82) is 0 Å². The minimum Gasteiger partial charge on any atom is -0.347 e. The average Bonchev–Trinajstić information content (AvgIpc) is 3.17. The molecule has 0 unspecified atom stereocenters. The van der Waals surface area contributed by atoms with Crippen LogP contribution in [0.5, 0.6) is 0 Å². The van der Waals surface area contributed by atoms with E-state index in [2.05, 4.69) is 50.2 Å². The van der Waals surface area contributed by atoms with E-state index in [1.54, 1.807) is 0 Å². The zero-order valence-electron chi connectivity index (χ0n) is 37.5. The van der Waals surface area contributed by atoms with Crippen molar-refractivity contribution < 1.29 is 225 Å². The van der Waals surface area contributed by atoms with Crippen molar-refractivity contribution in [2.24, 2.45) is 0 Å². The molecule has 2 aliphatic rings. The third-order valence-electron chi connectivity index (χ3n) is 8.20. The van der Waals surface area contributed by atoms with Crippen molar-refractivity contribution in [3.63, 3.8) is 0 Å². The summed E-state index contributed by atoms with van der Waals surface area (Å²) in [5, 5.41) is 0. The van der Waals surface area contributed by atoms with Gasteiger partial charge in [0, 0.05) is 0 Å². The second-order valence-electron chi connectivity index (χ2n) is 14.2. The molecule has 0 aromatic rings. The molecule has 0 aromatic heterocycles. The normalized spacial score (nSPS) is 27.1. The molecule has 2 aliphatic heterocycles. The van der Waals surface area contributed by atoms with E-state index in [9.17, 15) is 147 Å². The molecule has 0 aliphatic carbocycles. The number of hydrogen-bond donors (Lipinski definition) is 12. The molecule has 52 nitrogen and oxygen atoms in total. The van der Waals surface area contributed by atoms with Crippen molar-refractivity contribution in [3.8, 4) is 0 Å². The Kier molecular flexibility index (Phi) is 25.9. The van der Waals surface area contributed by atoms with Gasteiger partial charge in [0.05, 0.1) is 26.4 Å². The summed E-state index contributed by atoms with van der Waals surface area (Å²) < 4.78 is 467. The van der Waals surface area contributed by atoms with E-state index in [0.717, 1.165) is 0 Å². The molecule has 0 spiro atoms. The van der Waals surface area contributed by atoms with Crippen LogP contribution < -0.4 is 0 Å². The van der Waals surface area contributed by atoms with Crippen LogP contribution in [0.25, 0.3) is 0 Å². The molecule has 12 N–H and O–H groups in total. The highest BCUT2D eigenvalue weighted by atomic mass is 32.3. The van der Waals surface area contributed by atoms with Crippen LogP contribution in [-0.4, -0.2) is 268 Å². The molecule has 0 amide bonds. The molecule has 2 heterocycles. The van der Waals surface area contributed by atoms with Gasteiger partial charge in [-0.3, -0.25) is 54.6 Å². The lowest BCUT2D eigenvalue weighted by atomic mass is 9.98. The van der Waals surface area contributed by atoms with Crippen molar-refractivity contribution in [1.82, 2.24) is 0 Å². The van der Waals surface area contributed by atoms with Gasteiger partial charge in [-0.15, -0.1) is 0 Å². The summed E-state index contributed by atoms with van der Waals surface area (Å²) in [6.07, 6.45) is -49.8. The lowest BCUT2D eigenvalue weighted by Gasteiger charge is -2.45. The van der Waals surface area contributed by atoms with Crippen molar-refractivity contribution in [3.05, 3.63) is 0 Å². The Labute approximate surface area is 459 Å². The van der Waals surface area contributed by atoms with Gasteiger partial charge in [0.2, 0.25) is 0 Å². The third kappa shape index (κ3) is 31.3. The molecule has 2 rings (SSSR count). The summed E-state index contributed by atoms with van der Waals surface area (Å²) in [7, 11) is -76.3. The second-order valence-corrected chi connectivity index (χ2v) is 26.9. The summed E-state index contributed by atoms with van der Waals surface area (Å²) in [6, 6.07) is 0. The monoisotopic (exact) mass is 1470 g/mol. The van der Waals surface area contributed by atoms with Crippen LogP contribution in [0.2, 0.25) is 0 Å². The summed E-state index contributed by atoms with van der Waals surface area (Å²) >= 11 is 0. The summed E-state index contributed by atoms with van der Waals surface area (Å²) in [6.45, 7) is -9.28. The highest BCUT2D eigenvalue weighted by Gasteiger charge is 2.58. The maximum absolute atomic E-state index is 12.2. The Balaban J connectivity index is 3.17. The van der Waals surface area contributed by atoms with Gasteiger partial charge in [-0.25, -0.2) is 50.2 Å². The maximum Gasteiger partial charge on any atom is 0.397 e. The molecule has 14 atom stereocenters. The van der Waals surface area contributed by atoms with E-state index < -0.39 is 237 Å². The average molecular weight is 1470 g/mol. The molecule has 82 heavy (non-hydrogen) atoms. The van der Waals surface area contributed by atoms with Crippen LogP contribution in [0.4, 0.5) is 0 Å². The molecule has 0 radical (unpaired) electrons. The molecule has 2 saturated heterocycles. The SMILES string of the molecule is O=S(=O)(O)OC[C@H]1O[C@@H](OC[C@H]2O[C@@H](OC[C@@H](OS(=O)(=O)O)[C@@H](OS(=O)(=O)O)[C@H](OS(=O)(=O)O)[C@@H](COS(=O)(=O)O)OS(=O)(=O)O)[C@H](OS(=O)(=O)O)[C@@H](OS(=O)(=O)O)[C@@H]2OS(=O)(=O)O)[C@H](OS(=O)(=O)O)[C@@H](OS(=O)(=O)O)[C@@H]1OS(=O)(=O)O. The first kappa shape index (κ1) is 76.4. The summed E-state index contributed by atoms with van der Waals surface area (Å²) in [4.78, 5) is 0. The standard InChI is InChI=1S/C18H34O52S12/c19-71(20,21)57-3-6-10(64-76(34,35)36)14(68-80(46,47)48)16(70-82(52,53)54)17(60-6)55-1-5-9(63-75(31,32)33)13(67-79(43,44)45)15(69-81(49,50)51)18(59-5)56-2-7(61-73(25,26)27)11(65-77(37,38)39)12(66-78(40,41)42)8(62-74(28,29)30)4-58-72(22,23)24/h5-18H,1-4H2,(H,19,20,21)(H,22,23,24)(H,25,26,27)(H,28,29,30)(H,31,32,33)(H,34,35,36)(H,37,38,39)(H,40,41,42)(H,43,44,45)(H,46,47,48)(H,49,50,51)(H,52,53,54)/t5-,6-,7-,8-,9-,10-,11-,12-,13+,14+,15-,16-,17-,18-/m1/s1. The van der Waals surface area contributed by atoms with Crippen molar-refractivity contribution in [2.75, 3.05) is 26.4 Å². The van der Waals surface area contributed by atoms with Gasteiger partial charge in [0.15, 0.2) is 24.8 Å². The van der Waals surface area contributed by atoms with E-state index >= 15 is 0 Å². The smallest absolute Gasteiger partial charge is 0.347 e.